The van der Waals surface area contributed by atoms with E-state index in [-0.39, 0.29) is 11.7 Å². The monoisotopic (exact) mass is 392 g/mol. The SMILES string of the molecule is O=C(c1ccc(Cn2cnc3ccc(F)cc32)cc1)N1CC[C@H](N2CCCC2)C1. The van der Waals surface area contributed by atoms with Crippen molar-refractivity contribution in [1.82, 2.24) is 19.4 Å². The average molecular weight is 392 g/mol. The van der Waals surface area contributed by atoms with Crippen molar-refractivity contribution in [1.29, 1.82) is 0 Å². The highest BCUT2D eigenvalue weighted by Gasteiger charge is 2.31. The Morgan fingerprint density at radius 3 is 2.66 bits per heavy atom. The van der Waals surface area contributed by atoms with Crippen molar-refractivity contribution in [3.8, 4) is 0 Å². The molecule has 2 fully saturated rings. The van der Waals surface area contributed by atoms with Crippen LogP contribution < -0.4 is 0 Å². The fourth-order valence-electron chi connectivity index (χ4n) is 4.62. The topological polar surface area (TPSA) is 41.4 Å². The van der Waals surface area contributed by atoms with Crippen molar-refractivity contribution in [2.24, 2.45) is 0 Å². The van der Waals surface area contributed by atoms with E-state index in [1.54, 1.807) is 12.4 Å². The second kappa shape index (κ2) is 7.59. The van der Waals surface area contributed by atoms with Crippen LogP contribution in [0.2, 0.25) is 0 Å². The van der Waals surface area contributed by atoms with Gasteiger partial charge in [0.2, 0.25) is 0 Å². The lowest BCUT2D eigenvalue weighted by atomic mass is 10.1. The van der Waals surface area contributed by atoms with Crippen LogP contribution in [0, 0.1) is 5.82 Å². The third-order valence-electron chi connectivity index (χ3n) is 6.24. The Balaban J connectivity index is 1.26. The number of benzene rings is 2. The lowest BCUT2D eigenvalue weighted by Gasteiger charge is -2.23. The molecular weight excluding hydrogens is 367 g/mol. The summed E-state index contributed by atoms with van der Waals surface area (Å²) in [6, 6.07) is 12.9. The van der Waals surface area contributed by atoms with E-state index in [0.29, 0.717) is 12.6 Å². The third kappa shape index (κ3) is 3.65. The Bertz CT molecular complexity index is 1020. The minimum absolute atomic E-state index is 0.119. The molecule has 5 rings (SSSR count). The summed E-state index contributed by atoms with van der Waals surface area (Å²) >= 11 is 0. The van der Waals surface area contributed by atoms with Gasteiger partial charge >= 0.3 is 0 Å². The van der Waals surface area contributed by atoms with Gasteiger partial charge in [-0.1, -0.05) is 12.1 Å². The summed E-state index contributed by atoms with van der Waals surface area (Å²) in [7, 11) is 0. The van der Waals surface area contributed by atoms with Crippen LogP contribution in [0.1, 0.15) is 35.2 Å². The number of amides is 1. The average Bonchev–Trinajstić information content (AvgIpc) is 3.49. The van der Waals surface area contributed by atoms with Gasteiger partial charge in [0, 0.05) is 31.2 Å². The highest BCUT2D eigenvalue weighted by Crippen LogP contribution is 2.22. The number of halogens is 1. The Kier molecular flexibility index (Phi) is 4.79. The molecule has 3 aromatic rings. The molecule has 0 bridgehead atoms. The van der Waals surface area contributed by atoms with Gasteiger partial charge in [-0.3, -0.25) is 9.69 Å². The van der Waals surface area contributed by atoms with Crippen LogP contribution >= 0.6 is 0 Å². The molecule has 1 amide bonds. The van der Waals surface area contributed by atoms with Gasteiger partial charge in [-0.2, -0.15) is 0 Å². The fraction of sp³-hybridized carbons (Fsp3) is 0.391. The van der Waals surface area contributed by atoms with Crippen molar-refractivity contribution >= 4 is 16.9 Å². The molecular formula is C23H25FN4O. The van der Waals surface area contributed by atoms with Crippen LogP contribution in [-0.2, 0) is 6.54 Å². The molecule has 6 heteroatoms. The maximum absolute atomic E-state index is 13.6. The van der Waals surface area contributed by atoms with Crippen LogP contribution in [0.25, 0.3) is 11.0 Å². The van der Waals surface area contributed by atoms with Crippen molar-refractivity contribution in [3.05, 3.63) is 65.7 Å². The zero-order valence-electron chi connectivity index (χ0n) is 16.4. The van der Waals surface area contributed by atoms with Crippen molar-refractivity contribution in [2.75, 3.05) is 26.2 Å². The minimum Gasteiger partial charge on any atom is -0.337 e. The summed E-state index contributed by atoms with van der Waals surface area (Å²) in [5.41, 5.74) is 3.34. The van der Waals surface area contributed by atoms with E-state index < -0.39 is 0 Å². The van der Waals surface area contributed by atoms with Crippen LogP contribution in [0.5, 0.6) is 0 Å². The van der Waals surface area contributed by atoms with Crippen molar-refractivity contribution in [2.45, 2.75) is 31.8 Å². The minimum atomic E-state index is -0.266. The quantitative estimate of drug-likeness (QED) is 0.682. The Morgan fingerprint density at radius 1 is 1.07 bits per heavy atom. The van der Waals surface area contributed by atoms with Gasteiger partial charge in [-0.05, 0) is 68.2 Å². The maximum atomic E-state index is 13.6. The molecule has 2 aromatic carbocycles. The third-order valence-corrected chi connectivity index (χ3v) is 6.24. The number of nitrogens with zero attached hydrogens (tertiary/aromatic N) is 4. The molecule has 2 saturated heterocycles. The Hall–Kier alpha value is -2.73. The molecule has 29 heavy (non-hydrogen) atoms. The maximum Gasteiger partial charge on any atom is 0.253 e. The standard InChI is InChI=1S/C23H25FN4O/c24-19-7-8-21-22(13-19)28(16-25-21)14-17-3-5-18(6-4-17)23(29)27-12-9-20(15-27)26-10-1-2-11-26/h3-8,13,16,20H,1-2,9-12,14-15H2/t20-/m0/s1. The zero-order chi connectivity index (χ0) is 19.8. The summed E-state index contributed by atoms with van der Waals surface area (Å²) in [6.07, 6.45) is 5.37. The Morgan fingerprint density at radius 2 is 1.86 bits per heavy atom. The number of imidazole rings is 1. The lowest BCUT2D eigenvalue weighted by molar-refractivity contribution is 0.0780. The number of carbonyl (C=O) groups is 1. The molecule has 1 aromatic heterocycles. The number of hydrogen-bond donors (Lipinski definition) is 0. The van der Waals surface area contributed by atoms with E-state index in [1.165, 1.54) is 38.1 Å². The zero-order valence-corrected chi connectivity index (χ0v) is 16.4. The molecule has 3 heterocycles. The van der Waals surface area contributed by atoms with Crippen LogP contribution in [0.3, 0.4) is 0 Å². The second-order valence-electron chi connectivity index (χ2n) is 8.14. The predicted molar refractivity (Wildman–Crippen MR) is 110 cm³/mol. The highest BCUT2D eigenvalue weighted by molar-refractivity contribution is 5.94. The first-order chi connectivity index (χ1) is 14.2. The first-order valence-corrected chi connectivity index (χ1v) is 10.4. The van der Waals surface area contributed by atoms with Gasteiger partial charge in [0.05, 0.1) is 17.4 Å². The molecule has 0 radical (unpaired) electrons. The van der Waals surface area contributed by atoms with Gasteiger partial charge in [-0.15, -0.1) is 0 Å². The summed E-state index contributed by atoms with van der Waals surface area (Å²) < 4.78 is 15.5. The molecule has 0 aliphatic carbocycles. The summed E-state index contributed by atoms with van der Waals surface area (Å²) in [4.78, 5) is 21.8. The van der Waals surface area contributed by atoms with E-state index in [1.807, 2.05) is 33.7 Å². The molecule has 1 atom stereocenters. The number of rotatable bonds is 4. The second-order valence-corrected chi connectivity index (χ2v) is 8.14. The van der Waals surface area contributed by atoms with Crippen LogP contribution in [-0.4, -0.2) is 57.5 Å². The van der Waals surface area contributed by atoms with Crippen LogP contribution in [0.4, 0.5) is 4.39 Å². The molecule has 150 valence electrons. The van der Waals surface area contributed by atoms with Gasteiger partial charge in [0.15, 0.2) is 0 Å². The van der Waals surface area contributed by atoms with Gasteiger partial charge < -0.3 is 9.47 Å². The predicted octanol–water partition coefficient (Wildman–Crippen LogP) is 3.53. The smallest absolute Gasteiger partial charge is 0.253 e. The van der Waals surface area contributed by atoms with E-state index in [9.17, 15) is 9.18 Å². The van der Waals surface area contributed by atoms with Crippen molar-refractivity contribution in [3.63, 3.8) is 0 Å². The summed E-state index contributed by atoms with van der Waals surface area (Å²) in [5, 5.41) is 0. The number of fused-ring (bicyclic) bond motifs is 1. The molecule has 0 N–H and O–H groups in total. The highest BCUT2D eigenvalue weighted by atomic mass is 19.1. The Labute approximate surface area is 169 Å². The van der Waals surface area contributed by atoms with Gasteiger partial charge in [0.25, 0.3) is 5.91 Å². The molecule has 0 spiro atoms. The van der Waals surface area contributed by atoms with E-state index in [0.717, 1.165) is 41.7 Å². The number of carbonyl (C=O) groups excluding carboxylic acids is 1. The number of hydrogen-bond acceptors (Lipinski definition) is 3. The summed E-state index contributed by atoms with van der Waals surface area (Å²) in [6.45, 7) is 4.62. The molecule has 2 aliphatic rings. The van der Waals surface area contributed by atoms with E-state index >= 15 is 0 Å². The molecule has 0 saturated carbocycles. The van der Waals surface area contributed by atoms with Crippen LogP contribution in [0.15, 0.2) is 48.8 Å². The lowest BCUT2D eigenvalue weighted by Crippen LogP contribution is -2.37. The largest absolute Gasteiger partial charge is 0.337 e. The fourth-order valence-corrected chi connectivity index (χ4v) is 4.62. The van der Waals surface area contributed by atoms with Gasteiger partial charge in [0.1, 0.15) is 5.82 Å². The number of aromatic nitrogens is 2. The van der Waals surface area contributed by atoms with E-state index in [2.05, 4.69) is 9.88 Å². The molecule has 0 unspecified atom stereocenters. The van der Waals surface area contributed by atoms with E-state index in [4.69, 9.17) is 0 Å². The number of likely N-dealkylation sites (tertiary alicyclic amines) is 2. The summed E-state index contributed by atoms with van der Waals surface area (Å²) in [5.74, 6) is -0.147. The first-order valence-electron chi connectivity index (χ1n) is 10.4. The van der Waals surface area contributed by atoms with Gasteiger partial charge in [-0.25, -0.2) is 9.37 Å². The molecule has 5 nitrogen and oxygen atoms in total. The van der Waals surface area contributed by atoms with Crippen molar-refractivity contribution < 1.29 is 9.18 Å². The first kappa shape index (κ1) is 18.3. The molecule has 2 aliphatic heterocycles. The normalized spacial score (nSPS) is 20.0.